The van der Waals surface area contributed by atoms with Crippen molar-refractivity contribution in [3.63, 3.8) is 0 Å². The van der Waals surface area contributed by atoms with Gasteiger partial charge in [-0.3, -0.25) is 5.32 Å². The summed E-state index contributed by atoms with van der Waals surface area (Å²) in [5.41, 5.74) is 1.74. The highest BCUT2D eigenvalue weighted by Gasteiger charge is 2.08. The quantitative estimate of drug-likeness (QED) is 0.701. The number of amides is 2. The molecular formula is C16H12ClN3OS. The number of aromatic nitrogens is 1. The van der Waals surface area contributed by atoms with Gasteiger partial charge in [-0.25, -0.2) is 9.78 Å². The van der Waals surface area contributed by atoms with Gasteiger partial charge in [-0.15, -0.1) is 0 Å². The van der Waals surface area contributed by atoms with E-state index in [9.17, 15) is 4.79 Å². The molecule has 1 heterocycles. The summed E-state index contributed by atoms with van der Waals surface area (Å²) < 4.78 is 0. The topological polar surface area (TPSA) is 54.0 Å². The number of hydrogen-bond acceptors (Lipinski definition) is 3. The van der Waals surface area contributed by atoms with E-state index in [2.05, 4.69) is 15.6 Å². The summed E-state index contributed by atoms with van der Waals surface area (Å²) in [7, 11) is 0. The van der Waals surface area contributed by atoms with Gasteiger partial charge in [0.2, 0.25) is 0 Å². The average molecular weight is 330 g/mol. The molecular weight excluding hydrogens is 318 g/mol. The van der Waals surface area contributed by atoms with Crippen molar-refractivity contribution in [1.82, 2.24) is 4.98 Å². The standard InChI is InChI=1S/C16H12ClN3OS/c17-12-6-8-13(9-7-12)19-15(21)20-16-18-10-14(22-16)11-4-2-1-3-5-11/h1-10H,(H2,18,19,20,21). The molecule has 4 nitrogen and oxygen atoms in total. The molecule has 0 atom stereocenters. The van der Waals surface area contributed by atoms with E-state index in [-0.39, 0.29) is 6.03 Å². The number of carbonyl (C=O) groups excluding carboxylic acids is 1. The molecule has 6 heteroatoms. The van der Waals surface area contributed by atoms with Crippen molar-refractivity contribution >= 4 is 39.8 Å². The van der Waals surface area contributed by atoms with E-state index in [1.165, 1.54) is 11.3 Å². The number of anilines is 2. The van der Waals surface area contributed by atoms with E-state index >= 15 is 0 Å². The molecule has 0 saturated carbocycles. The molecule has 2 amide bonds. The molecule has 0 aliphatic heterocycles. The Hall–Kier alpha value is -2.37. The Morgan fingerprint density at radius 1 is 1.00 bits per heavy atom. The van der Waals surface area contributed by atoms with Crippen LogP contribution >= 0.6 is 22.9 Å². The summed E-state index contributed by atoms with van der Waals surface area (Å²) in [6, 6.07) is 16.5. The molecule has 0 bridgehead atoms. The van der Waals surface area contributed by atoms with Crippen LogP contribution in [0.25, 0.3) is 10.4 Å². The van der Waals surface area contributed by atoms with Crippen LogP contribution < -0.4 is 10.6 Å². The van der Waals surface area contributed by atoms with Gasteiger partial charge in [0.05, 0.1) is 4.88 Å². The minimum absolute atomic E-state index is 0.337. The van der Waals surface area contributed by atoms with Gasteiger partial charge in [0.15, 0.2) is 5.13 Å². The van der Waals surface area contributed by atoms with E-state index in [1.807, 2.05) is 30.3 Å². The smallest absolute Gasteiger partial charge is 0.308 e. The first-order chi connectivity index (χ1) is 10.7. The summed E-state index contributed by atoms with van der Waals surface area (Å²) >= 11 is 7.23. The number of thiazole rings is 1. The average Bonchev–Trinajstić information content (AvgIpc) is 2.99. The zero-order valence-electron chi connectivity index (χ0n) is 11.4. The number of nitrogens with zero attached hydrogens (tertiary/aromatic N) is 1. The van der Waals surface area contributed by atoms with Crippen molar-refractivity contribution in [3.8, 4) is 10.4 Å². The molecule has 3 aromatic rings. The maximum absolute atomic E-state index is 11.9. The highest BCUT2D eigenvalue weighted by molar-refractivity contribution is 7.19. The number of nitrogens with one attached hydrogen (secondary N) is 2. The Labute approximate surface area is 136 Å². The SMILES string of the molecule is O=C(Nc1ccc(Cl)cc1)Nc1ncc(-c2ccccc2)s1. The van der Waals surface area contributed by atoms with Crippen LogP contribution in [0, 0.1) is 0 Å². The highest BCUT2D eigenvalue weighted by Crippen LogP contribution is 2.28. The molecule has 2 N–H and O–H groups in total. The Bertz CT molecular complexity index is 772. The summed E-state index contributed by atoms with van der Waals surface area (Å²) in [4.78, 5) is 17.1. The van der Waals surface area contributed by atoms with Crippen molar-refractivity contribution in [2.24, 2.45) is 0 Å². The lowest BCUT2D eigenvalue weighted by Crippen LogP contribution is -2.19. The van der Waals surface area contributed by atoms with Gasteiger partial charge in [0, 0.05) is 16.9 Å². The van der Waals surface area contributed by atoms with Gasteiger partial charge in [-0.2, -0.15) is 0 Å². The summed E-state index contributed by atoms with van der Waals surface area (Å²) in [5, 5.41) is 6.61. The van der Waals surface area contributed by atoms with E-state index in [4.69, 9.17) is 11.6 Å². The number of benzene rings is 2. The van der Waals surface area contributed by atoms with Gasteiger partial charge in [-0.05, 0) is 29.8 Å². The Balaban J connectivity index is 1.65. The molecule has 0 spiro atoms. The van der Waals surface area contributed by atoms with Gasteiger partial charge >= 0.3 is 6.03 Å². The monoisotopic (exact) mass is 329 g/mol. The van der Waals surface area contributed by atoms with Crippen molar-refractivity contribution in [1.29, 1.82) is 0 Å². The van der Waals surface area contributed by atoms with Gasteiger partial charge in [0.1, 0.15) is 0 Å². The van der Waals surface area contributed by atoms with Crippen LogP contribution in [0.2, 0.25) is 5.02 Å². The van der Waals surface area contributed by atoms with Crippen LogP contribution in [0.4, 0.5) is 15.6 Å². The maximum atomic E-state index is 11.9. The number of hydrogen-bond donors (Lipinski definition) is 2. The second-order valence-corrected chi connectivity index (χ2v) is 5.95. The van der Waals surface area contributed by atoms with Crippen LogP contribution in [0.3, 0.4) is 0 Å². The number of carbonyl (C=O) groups is 1. The minimum Gasteiger partial charge on any atom is -0.308 e. The lowest BCUT2D eigenvalue weighted by Gasteiger charge is -2.05. The van der Waals surface area contributed by atoms with Crippen molar-refractivity contribution in [2.75, 3.05) is 10.6 Å². The van der Waals surface area contributed by atoms with Gasteiger partial charge in [0.25, 0.3) is 0 Å². The first-order valence-corrected chi connectivity index (χ1v) is 7.75. The molecule has 0 unspecified atom stereocenters. The minimum atomic E-state index is -0.337. The maximum Gasteiger partial charge on any atom is 0.325 e. The Morgan fingerprint density at radius 2 is 1.73 bits per heavy atom. The van der Waals surface area contributed by atoms with Gasteiger partial charge < -0.3 is 5.32 Å². The van der Waals surface area contributed by atoms with Crippen LogP contribution in [0.15, 0.2) is 60.8 Å². The largest absolute Gasteiger partial charge is 0.325 e. The predicted octanol–water partition coefficient (Wildman–Crippen LogP) is 5.11. The van der Waals surface area contributed by atoms with E-state index in [1.54, 1.807) is 30.5 Å². The molecule has 22 heavy (non-hydrogen) atoms. The van der Waals surface area contributed by atoms with Crippen LogP contribution in [-0.2, 0) is 0 Å². The summed E-state index contributed by atoms with van der Waals surface area (Å²) in [5.74, 6) is 0. The zero-order chi connectivity index (χ0) is 15.4. The summed E-state index contributed by atoms with van der Waals surface area (Å²) in [6.45, 7) is 0. The lowest BCUT2D eigenvalue weighted by molar-refractivity contribution is 0.262. The zero-order valence-corrected chi connectivity index (χ0v) is 13.0. The number of urea groups is 1. The third-order valence-electron chi connectivity index (χ3n) is 2.89. The highest BCUT2D eigenvalue weighted by atomic mass is 35.5. The van der Waals surface area contributed by atoms with Crippen molar-refractivity contribution < 1.29 is 4.79 Å². The molecule has 0 aliphatic rings. The van der Waals surface area contributed by atoms with Crippen molar-refractivity contribution in [2.45, 2.75) is 0 Å². The molecule has 0 radical (unpaired) electrons. The number of rotatable bonds is 3. The van der Waals surface area contributed by atoms with E-state index < -0.39 is 0 Å². The molecule has 0 aliphatic carbocycles. The molecule has 0 fully saturated rings. The predicted molar refractivity (Wildman–Crippen MR) is 91.6 cm³/mol. The first kappa shape index (κ1) is 14.6. The normalized spacial score (nSPS) is 10.2. The molecule has 110 valence electrons. The molecule has 3 rings (SSSR count). The fourth-order valence-corrected chi connectivity index (χ4v) is 2.80. The Morgan fingerprint density at radius 3 is 2.45 bits per heavy atom. The second-order valence-electron chi connectivity index (χ2n) is 4.48. The van der Waals surface area contributed by atoms with Crippen LogP contribution in [0.1, 0.15) is 0 Å². The van der Waals surface area contributed by atoms with Crippen LogP contribution in [-0.4, -0.2) is 11.0 Å². The fourth-order valence-electron chi connectivity index (χ4n) is 1.86. The third kappa shape index (κ3) is 3.63. The third-order valence-corrected chi connectivity index (χ3v) is 4.10. The van der Waals surface area contributed by atoms with Crippen LogP contribution in [0.5, 0.6) is 0 Å². The molecule has 0 saturated heterocycles. The second kappa shape index (κ2) is 6.60. The van der Waals surface area contributed by atoms with E-state index in [0.717, 1.165) is 10.4 Å². The van der Waals surface area contributed by atoms with Crippen molar-refractivity contribution in [3.05, 3.63) is 65.8 Å². The fraction of sp³-hybridized carbons (Fsp3) is 0. The van der Waals surface area contributed by atoms with E-state index in [0.29, 0.717) is 15.8 Å². The molecule has 2 aromatic carbocycles. The lowest BCUT2D eigenvalue weighted by atomic mass is 10.2. The first-order valence-electron chi connectivity index (χ1n) is 6.55. The number of halogens is 1. The summed E-state index contributed by atoms with van der Waals surface area (Å²) in [6.07, 6.45) is 1.75. The molecule has 1 aromatic heterocycles. The van der Waals surface area contributed by atoms with Gasteiger partial charge in [-0.1, -0.05) is 53.3 Å². The Kier molecular flexibility index (Phi) is 4.37.